The van der Waals surface area contributed by atoms with Crippen molar-refractivity contribution >= 4 is 40.0 Å². The molecule has 11 nitrogen and oxygen atoms in total. The third-order valence-corrected chi connectivity index (χ3v) is 8.60. The first-order valence-electron chi connectivity index (χ1n) is 15.7. The smallest absolute Gasteiger partial charge is 0.309 e. The van der Waals surface area contributed by atoms with Crippen LogP contribution >= 0.6 is 11.3 Å². The molecular weight excluding hydrogens is 596 g/mol. The molecule has 0 bridgehead atoms. The summed E-state index contributed by atoms with van der Waals surface area (Å²) in [7, 11) is 0. The van der Waals surface area contributed by atoms with Crippen LogP contribution in [0, 0.1) is 30.1 Å². The summed E-state index contributed by atoms with van der Waals surface area (Å²) in [5.74, 6) is 0.360. The summed E-state index contributed by atoms with van der Waals surface area (Å²) in [4.78, 5) is 25.8. The summed E-state index contributed by atoms with van der Waals surface area (Å²) in [6, 6.07) is 9.50. The van der Waals surface area contributed by atoms with Crippen molar-refractivity contribution in [3.8, 4) is 6.07 Å². The zero-order chi connectivity index (χ0) is 32.3. The second-order valence-corrected chi connectivity index (χ2v) is 11.9. The molecule has 1 heterocycles. The predicted octanol–water partition coefficient (Wildman–Crippen LogP) is 6.42. The Labute approximate surface area is 270 Å². The molecule has 246 valence electrons. The molecule has 2 aromatic rings. The molecule has 1 saturated carbocycles. The second-order valence-electron chi connectivity index (χ2n) is 10.8. The van der Waals surface area contributed by atoms with Crippen molar-refractivity contribution in [1.29, 1.82) is 5.26 Å². The van der Waals surface area contributed by atoms with Crippen LogP contribution in [0.2, 0.25) is 0 Å². The van der Waals surface area contributed by atoms with Gasteiger partial charge in [0, 0.05) is 18.8 Å². The number of benzene rings is 1. The van der Waals surface area contributed by atoms with Crippen molar-refractivity contribution in [2.45, 2.75) is 46.5 Å². The van der Waals surface area contributed by atoms with Crippen LogP contribution < -0.4 is 4.90 Å². The van der Waals surface area contributed by atoms with Gasteiger partial charge in [0.1, 0.15) is 12.7 Å². The summed E-state index contributed by atoms with van der Waals surface area (Å²) in [5, 5.41) is 18.2. The molecule has 0 aliphatic heterocycles. The lowest BCUT2D eigenvalue weighted by molar-refractivity contribution is -0.153. The fraction of sp³-hybridized carbons (Fsp3) is 0.606. The number of hydrogen-bond donors (Lipinski definition) is 0. The van der Waals surface area contributed by atoms with Gasteiger partial charge in [-0.25, -0.2) is 0 Å². The van der Waals surface area contributed by atoms with Crippen LogP contribution in [0.3, 0.4) is 0 Å². The number of aldehydes is 1. The number of hydrogen-bond acceptors (Lipinski definition) is 12. The first-order valence-corrected chi connectivity index (χ1v) is 16.5. The van der Waals surface area contributed by atoms with Gasteiger partial charge in [0.05, 0.1) is 74.9 Å². The van der Waals surface area contributed by atoms with E-state index in [0.717, 1.165) is 54.9 Å². The lowest BCUT2D eigenvalue weighted by atomic mass is 9.80. The Morgan fingerprint density at radius 1 is 0.978 bits per heavy atom. The number of nitriles is 1. The van der Waals surface area contributed by atoms with Gasteiger partial charge < -0.3 is 28.6 Å². The highest BCUT2D eigenvalue weighted by molar-refractivity contribution is 7.17. The Bertz CT molecular complexity index is 1260. The SMILES string of the molecule is CCN(CCOCCOCCOCCOCCOC(=O)C1CCCCC1C)c1ccc(/N=N/c2sc(C=O)cc2C#N)c(C)c1. The van der Waals surface area contributed by atoms with E-state index in [9.17, 15) is 14.9 Å². The molecule has 2 unspecified atom stereocenters. The van der Waals surface area contributed by atoms with E-state index in [4.69, 9.17) is 23.7 Å². The molecule has 0 spiro atoms. The first-order chi connectivity index (χ1) is 22.0. The van der Waals surface area contributed by atoms with Crippen molar-refractivity contribution < 1.29 is 33.3 Å². The van der Waals surface area contributed by atoms with Gasteiger partial charge in [0.25, 0.3) is 0 Å². The molecule has 1 fully saturated rings. The molecule has 12 heteroatoms. The van der Waals surface area contributed by atoms with Crippen molar-refractivity contribution in [2.24, 2.45) is 22.1 Å². The van der Waals surface area contributed by atoms with Crippen molar-refractivity contribution in [3.05, 3.63) is 40.3 Å². The number of carbonyl (C=O) groups is 2. The Kier molecular flexibility index (Phi) is 16.7. The fourth-order valence-electron chi connectivity index (χ4n) is 5.04. The van der Waals surface area contributed by atoms with Crippen LogP contribution in [0.25, 0.3) is 0 Å². The number of azo groups is 1. The Morgan fingerprint density at radius 3 is 2.22 bits per heavy atom. The minimum atomic E-state index is -0.0872. The van der Waals surface area contributed by atoms with Crippen molar-refractivity contribution in [1.82, 2.24) is 0 Å². The van der Waals surface area contributed by atoms with E-state index in [2.05, 4.69) is 35.0 Å². The molecule has 45 heavy (non-hydrogen) atoms. The minimum Gasteiger partial charge on any atom is -0.463 e. The number of carbonyl (C=O) groups excluding carboxylic acids is 2. The summed E-state index contributed by atoms with van der Waals surface area (Å²) < 4.78 is 27.7. The van der Waals surface area contributed by atoms with Gasteiger partial charge in [0.15, 0.2) is 11.3 Å². The van der Waals surface area contributed by atoms with E-state index in [1.54, 1.807) is 0 Å². The zero-order valence-electron chi connectivity index (χ0n) is 26.7. The Hall–Kier alpha value is -3.21. The number of rotatable bonds is 21. The summed E-state index contributed by atoms with van der Waals surface area (Å²) in [5.41, 5.74) is 3.05. The zero-order valence-corrected chi connectivity index (χ0v) is 27.5. The van der Waals surface area contributed by atoms with Crippen LogP contribution in [0.4, 0.5) is 16.4 Å². The molecular formula is C33H46N4O7S. The number of esters is 1. The summed E-state index contributed by atoms with van der Waals surface area (Å²) in [6.07, 6.45) is 5.06. The highest BCUT2D eigenvalue weighted by Gasteiger charge is 2.28. The van der Waals surface area contributed by atoms with Crippen LogP contribution in [-0.4, -0.2) is 84.8 Å². The lowest BCUT2D eigenvalue weighted by Crippen LogP contribution is -2.28. The maximum atomic E-state index is 12.2. The van der Waals surface area contributed by atoms with Gasteiger partial charge in [-0.05, 0) is 62.4 Å². The van der Waals surface area contributed by atoms with E-state index in [1.165, 1.54) is 12.5 Å². The van der Waals surface area contributed by atoms with Crippen LogP contribution in [0.1, 0.15) is 60.3 Å². The van der Waals surface area contributed by atoms with Crippen molar-refractivity contribution in [3.63, 3.8) is 0 Å². The van der Waals surface area contributed by atoms with Gasteiger partial charge in [0.2, 0.25) is 0 Å². The standard InChI is InChI=1S/C33H46N4O7S/c1-4-37(28-9-10-31(26(3)21-28)35-36-32-27(23-34)22-29(24-38)45-32)11-12-40-13-14-41-15-16-42-17-18-43-19-20-44-33(39)30-8-6-5-7-25(30)2/h9-10,21-22,24-25,30H,4-8,11-20H2,1-3H3/b36-35+. The molecule has 0 amide bonds. The highest BCUT2D eigenvalue weighted by Crippen LogP contribution is 2.33. The number of thiophene rings is 1. The highest BCUT2D eigenvalue weighted by atomic mass is 32.1. The number of ether oxygens (including phenoxy) is 5. The van der Waals surface area contributed by atoms with E-state index in [1.807, 2.05) is 25.1 Å². The molecule has 0 N–H and O–H groups in total. The number of anilines is 1. The monoisotopic (exact) mass is 642 g/mol. The second kappa shape index (κ2) is 20.7. The first kappa shape index (κ1) is 36.3. The molecule has 1 aromatic heterocycles. The average Bonchev–Trinajstić information content (AvgIpc) is 3.46. The molecule has 1 aliphatic rings. The van der Waals surface area contributed by atoms with Gasteiger partial charge in [-0.2, -0.15) is 5.26 Å². The number of aryl methyl sites for hydroxylation is 1. The predicted molar refractivity (Wildman–Crippen MR) is 173 cm³/mol. The van der Waals surface area contributed by atoms with Crippen LogP contribution in [0.5, 0.6) is 0 Å². The maximum Gasteiger partial charge on any atom is 0.309 e. The van der Waals surface area contributed by atoms with Gasteiger partial charge in [-0.3, -0.25) is 9.59 Å². The third kappa shape index (κ3) is 12.6. The van der Waals surface area contributed by atoms with Gasteiger partial charge in [-0.15, -0.1) is 21.6 Å². The summed E-state index contributed by atoms with van der Waals surface area (Å²) in [6.45, 7) is 11.8. The van der Waals surface area contributed by atoms with E-state index >= 15 is 0 Å². The van der Waals surface area contributed by atoms with Gasteiger partial charge in [-0.1, -0.05) is 19.8 Å². The topological polar surface area (TPSA) is 132 Å². The number of likely N-dealkylation sites (N-methyl/N-ethyl adjacent to an activating group) is 1. The maximum absolute atomic E-state index is 12.2. The average molecular weight is 643 g/mol. The molecule has 0 radical (unpaired) electrons. The minimum absolute atomic E-state index is 0.0385. The van der Waals surface area contributed by atoms with Crippen LogP contribution in [0.15, 0.2) is 34.5 Å². The molecule has 3 rings (SSSR count). The van der Waals surface area contributed by atoms with E-state index < -0.39 is 0 Å². The van der Waals surface area contributed by atoms with E-state index in [0.29, 0.717) is 86.2 Å². The van der Waals surface area contributed by atoms with Crippen molar-refractivity contribution in [2.75, 3.05) is 77.5 Å². The molecule has 2 atom stereocenters. The van der Waals surface area contributed by atoms with Gasteiger partial charge >= 0.3 is 5.97 Å². The normalized spacial score (nSPS) is 16.5. The Balaban J connectivity index is 1.19. The molecule has 1 aliphatic carbocycles. The third-order valence-electron chi connectivity index (χ3n) is 7.65. The summed E-state index contributed by atoms with van der Waals surface area (Å²) >= 11 is 1.14. The lowest BCUT2D eigenvalue weighted by Gasteiger charge is -2.26. The molecule has 1 aromatic carbocycles. The quantitative estimate of drug-likeness (QED) is 0.0655. The van der Waals surface area contributed by atoms with E-state index in [-0.39, 0.29) is 18.5 Å². The Morgan fingerprint density at radius 2 is 1.62 bits per heavy atom. The fourth-order valence-corrected chi connectivity index (χ4v) is 5.79. The van der Waals surface area contributed by atoms with Crippen LogP contribution in [-0.2, 0) is 28.5 Å². The number of nitrogens with zero attached hydrogens (tertiary/aromatic N) is 4. The largest absolute Gasteiger partial charge is 0.463 e. The molecule has 0 saturated heterocycles.